The van der Waals surface area contributed by atoms with Crippen LogP contribution in [0.5, 0.6) is 5.75 Å². The number of anilines is 1. The van der Waals surface area contributed by atoms with E-state index in [1.165, 1.54) is 12.1 Å². The summed E-state index contributed by atoms with van der Waals surface area (Å²) in [4.78, 5) is 1.10. The molecule has 2 rings (SSSR count). The van der Waals surface area contributed by atoms with E-state index >= 15 is 0 Å². The molecule has 0 unspecified atom stereocenters. The third-order valence-corrected chi connectivity index (χ3v) is 3.48. The third-order valence-electron chi connectivity index (χ3n) is 2.54. The molecule has 1 aromatic heterocycles. The molecule has 0 bridgehead atoms. The quantitative estimate of drug-likeness (QED) is 0.856. The zero-order valence-corrected chi connectivity index (χ0v) is 10.9. The van der Waals surface area contributed by atoms with Crippen LogP contribution in [0.1, 0.15) is 10.4 Å². The summed E-state index contributed by atoms with van der Waals surface area (Å²) in [5.74, 6) is 0.168. The molecule has 0 fully saturated rings. The van der Waals surface area contributed by atoms with Crippen LogP contribution in [0.15, 0.2) is 35.7 Å². The number of hydrogen-bond donors (Lipinski definition) is 2. The first-order chi connectivity index (χ1) is 9.15. The molecule has 3 N–H and O–H groups in total. The van der Waals surface area contributed by atoms with Gasteiger partial charge in [0, 0.05) is 23.7 Å². The summed E-state index contributed by atoms with van der Waals surface area (Å²) in [5, 5.41) is 5.19. The van der Waals surface area contributed by atoms with E-state index < -0.39 is 6.61 Å². The van der Waals surface area contributed by atoms with Crippen molar-refractivity contribution in [2.45, 2.75) is 19.7 Å². The highest BCUT2D eigenvalue weighted by molar-refractivity contribution is 7.10. The average molecular weight is 284 g/mol. The maximum absolute atomic E-state index is 12.0. The number of nitrogens with one attached hydrogen (secondary N) is 1. The summed E-state index contributed by atoms with van der Waals surface area (Å²) < 4.78 is 28.2. The Morgan fingerprint density at radius 3 is 2.47 bits per heavy atom. The lowest BCUT2D eigenvalue weighted by Crippen LogP contribution is -2.12. The van der Waals surface area contributed by atoms with Gasteiger partial charge in [-0.15, -0.1) is 11.3 Å². The van der Waals surface area contributed by atoms with E-state index in [1.807, 2.05) is 11.4 Å². The Hall–Kier alpha value is -1.66. The van der Waals surface area contributed by atoms with Gasteiger partial charge in [-0.25, -0.2) is 0 Å². The standard InChI is InChI=1S/C13H14F2N2OS/c14-13(15)18-10-3-1-9(2-4-10)7-17-8-12-11(16)5-6-19-12/h1-6,13,17H,7-8,16H2. The molecular weight excluding hydrogens is 270 g/mol. The Morgan fingerprint density at radius 1 is 1.16 bits per heavy atom. The maximum Gasteiger partial charge on any atom is 0.387 e. The summed E-state index contributed by atoms with van der Waals surface area (Å²) in [6, 6.07) is 8.44. The van der Waals surface area contributed by atoms with Crippen molar-refractivity contribution in [2.24, 2.45) is 0 Å². The molecule has 102 valence electrons. The molecule has 3 nitrogen and oxygen atoms in total. The maximum atomic E-state index is 12.0. The molecule has 6 heteroatoms. The van der Waals surface area contributed by atoms with Crippen LogP contribution in [0.4, 0.5) is 14.5 Å². The van der Waals surface area contributed by atoms with Crippen LogP contribution >= 0.6 is 11.3 Å². The molecule has 0 aliphatic carbocycles. The van der Waals surface area contributed by atoms with Gasteiger partial charge in [-0.3, -0.25) is 0 Å². The summed E-state index contributed by atoms with van der Waals surface area (Å²) in [6.45, 7) is -1.45. The fourth-order valence-corrected chi connectivity index (χ4v) is 2.37. The lowest BCUT2D eigenvalue weighted by atomic mass is 10.2. The molecule has 19 heavy (non-hydrogen) atoms. The van der Waals surface area contributed by atoms with Crippen LogP contribution in [0.3, 0.4) is 0 Å². The highest BCUT2D eigenvalue weighted by atomic mass is 32.1. The van der Waals surface area contributed by atoms with E-state index in [0.29, 0.717) is 13.1 Å². The summed E-state index contributed by atoms with van der Waals surface area (Å²) in [7, 11) is 0. The SMILES string of the molecule is Nc1ccsc1CNCc1ccc(OC(F)F)cc1. The molecule has 0 saturated heterocycles. The molecule has 0 radical (unpaired) electrons. The Balaban J connectivity index is 1.81. The molecule has 0 saturated carbocycles. The lowest BCUT2D eigenvalue weighted by molar-refractivity contribution is -0.0498. The smallest absolute Gasteiger partial charge is 0.387 e. The topological polar surface area (TPSA) is 47.3 Å². The van der Waals surface area contributed by atoms with Gasteiger partial charge >= 0.3 is 6.61 Å². The van der Waals surface area contributed by atoms with Crippen molar-refractivity contribution in [1.29, 1.82) is 0 Å². The van der Waals surface area contributed by atoms with Crippen molar-refractivity contribution in [3.05, 3.63) is 46.2 Å². The molecule has 1 aromatic carbocycles. The molecule has 0 amide bonds. The first kappa shape index (κ1) is 13.8. The zero-order valence-electron chi connectivity index (χ0n) is 10.1. The fraction of sp³-hybridized carbons (Fsp3) is 0.231. The van der Waals surface area contributed by atoms with Crippen LogP contribution in [-0.4, -0.2) is 6.61 Å². The third kappa shape index (κ3) is 4.18. The highest BCUT2D eigenvalue weighted by Gasteiger charge is 2.04. The molecule has 0 atom stereocenters. The fourth-order valence-electron chi connectivity index (χ4n) is 1.60. The minimum Gasteiger partial charge on any atom is -0.435 e. The molecule has 0 aliphatic heterocycles. The van der Waals surface area contributed by atoms with Gasteiger partial charge in [0.05, 0.1) is 0 Å². The minimum atomic E-state index is -2.79. The molecule has 2 aromatic rings. The second-order valence-corrected chi connectivity index (χ2v) is 4.93. The Kier molecular flexibility index (Phi) is 4.70. The Morgan fingerprint density at radius 2 is 1.89 bits per heavy atom. The normalized spacial score (nSPS) is 10.9. The predicted octanol–water partition coefficient (Wildman–Crippen LogP) is 3.22. The Bertz CT molecular complexity index is 514. The van der Waals surface area contributed by atoms with E-state index in [1.54, 1.807) is 23.5 Å². The second kappa shape index (κ2) is 6.49. The van der Waals surface area contributed by atoms with E-state index in [4.69, 9.17) is 5.73 Å². The lowest BCUT2D eigenvalue weighted by Gasteiger charge is -2.07. The molecule has 0 spiro atoms. The van der Waals surface area contributed by atoms with Gasteiger partial charge < -0.3 is 15.8 Å². The van der Waals surface area contributed by atoms with Gasteiger partial charge in [0.1, 0.15) is 5.75 Å². The van der Waals surface area contributed by atoms with E-state index in [-0.39, 0.29) is 5.75 Å². The largest absolute Gasteiger partial charge is 0.435 e. The van der Waals surface area contributed by atoms with Gasteiger partial charge in [0.15, 0.2) is 0 Å². The first-order valence-electron chi connectivity index (χ1n) is 5.71. The van der Waals surface area contributed by atoms with E-state index in [0.717, 1.165) is 16.1 Å². The number of rotatable bonds is 6. The molecule has 0 aliphatic rings. The minimum absolute atomic E-state index is 0.168. The van der Waals surface area contributed by atoms with Gasteiger partial charge in [-0.2, -0.15) is 8.78 Å². The number of ether oxygens (including phenoxy) is 1. The number of halogens is 2. The predicted molar refractivity (Wildman–Crippen MR) is 72.3 cm³/mol. The molecular formula is C13H14F2N2OS. The second-order valence-electron chi connectivity index (χ2n) is 3.93. The van der Waals surface area contributed by atoms with Crippen molar-refractivity contribution >= 4 is 17.0 Å². The number of hydrogen-bond acceptors (Lipinski definition) is 4. The summed E-state index contributed by atoms with van der Waals surface area (Å²) >= 11 is 1.60. The highest BCUT2D eigenvalue weighted by Crippen LogP contribution is 2.19. The van der Waals surface area contributed by atoms with Crippen LogP contribution in [0.25, 0.3) is 0 Å². The van der Waals surface area contributed by atoms with Crippen molar-refractivity contribution in [3.63, 3.8) is 0 Å². The van der Waals surface area contributed by atoms with Crippen LogP contribution in [0, 0.1) is 0 Å². The van der Waals surface area contributed by atoms with E-state index in [9.17, 15) is 8.78 Å². The first-order valence-corrected chi connectivity index (χ1v) is 6.59. The monoisotopic (exact) mass is 284 g/mol. The van der Waals surface area contributed by atoms with E-state index in [2.05, 4.69) is 10.1 Å². The van der Waals surface area contributed by atoms with Gasteiger partial charge in [0.25, 0.3) is 0 Å². The summed E-state index contributed by atoms with van der Waals surface area (Å²) in [6.07, 6.45) is 0. The number of nitrogen functional groups attached to an aromatic ring is 1. The van der Waals surface area contributed by atoms with Crippen LogP contribution in [0.2, 0.25) is 0 Å². The van der Waals surface area contributed by atoms with Crippen molar-refractivity contribution < 1.29 is 13.5 Å². The van der Waals surface area contributed by atoms with Crippen molar-refractivity contribution in [3.8, 4) is 5.75 Å². The number of thiophene rings is 1. The number of benzene rings is 1. The van der Waals surface area contributed by atoms with Crippen LogP contribution in [-0.2, 0) is 13.1 Å². The van der Waals surface area contributed by atoms with Crippen LogP contribution < -0.4 is 15.8 Å². The Labute approximate surface area is 114 Å². The zero-order chi connectivity index (χ0) is 13.7. The summed E-state index contributed by atoms with van der Waals surface area (Å²) in [5.41, 5.74) is 7.56. The number of alkyl halides is 2. The van der Waals surface area contributed by atoms with Crippen molar-refractivity contribution in [2.75, 3.05) is 5.73 Å². The number of nitrogens with two attached hydrogens (primary N) is 1. The average Bonchev–Trinajstić information content (AvgIpc) is 2.77. The van der Waals surface area contributed by atoms with Gasteiger partial charge in [-0.1, -0.05) is 12.1 Å². The van der Waals surface area contributed by atoms with Gasteiger partial charge in [0.2, 0.25) is 0 Å². The van der Waals surface area contributed by atoms with Crippen molar-refractivity contribution in [1.82, 2.24) is 5.32 Å². The molecule has 1 heterocycles. The van der Waals surface area contributed by atoms with Gasteiger partial charge in [-0.05, 0) is 29.1 Å².